The quantitative estimate of drug-likeness (QED) is 0.626. The minimum absolute atomic E-state index is 0.0496. The maximum absolute atomic E-state index is 9.36. The van der Waals surface area contributed by atoms with Crippen LogP contribution in [0.15, 0.2) is 12.3 Å². The number of rotatable bonds is 2. The lowest BCUT2D eigenvalue weighted by Crippen LogP contribution is -2.54. The van der Waals surface area contributed by atoms with Gasteiger partial charge in [0.05, 0.1) is 15.4 Å². The molecule has 2 aliphatic carbocycles. The van der Waals surface area contributed by atoms with Crippen LogP contribution in [0.25, 0.3) is 0 Å². The highest BCUT2D eigenvalue weighted by Crippen LogP contribution is 2.56. The van der Waals surface area contributed by atoms with Crippen LogP contribution in [0.1, 0.15) is 25.7 Å². The summed E-state index contributed by atoms with van der Waals surface area (Å²) in [7, 11) is 0. The van der Waals surface area contributed by atoms with Gasteiger partial charge in [-0.1, -0.05) is 11.6 Å². The third-order valence-corrected chi connectivity index (χ3v) is 4.94. The monoisotopic (exact) mass is 364 g/mol. The molecule has 1 heterocycles. The van der Waals surface area contributed by atoms with E-state index in [1.165, 1.54) is 12.8 Å². The maximum atomic E-state index is 9.36. The van der Waals surface area contributed by atoms with E-state index in [1.54, 1.807) is 6.20 Å². The van der Waals surface area contributed by atoms with Gasteiger partial charge in [-0.3, -0.25) is 0 Å². The average molecular weight is 365 g/mol. The molecule has 2 N–H and O–H groups in total. The van der Waals surface area contributed by atoms with Crippen LogP contribution in [-0.2, 0) is 0 Å². The summed E-state index contributed by atoms with van der Waals surface area (Å²) in [5.41, 5.74) is 1.52. The van der Waals surface area contributed by atoms with E-state index in [4.69, 9.17) is 11.6 Å². The lowest BCUT2D eigenvalue weighted by atomic mass is 9.53. The third kappa shape index (κ3) is 2.27. The minimum atomic E-state index is -0.0496. The highest BCUT2D eigenvalue weighted by atomic mass is 127. The standard InChI is InChI=1S/C12H14ClIN2O/c13-11-1-10(9(14)6-15-11)16-7-2-12(3-7)4-8(17)5-12/h1,6-8,17H,2-5H2,(H,15,16). The van der Waals surface area contributed by atoms with Crippen LogP contribution in [0.3, 0.4) is 0 Å². The number of anilines is 1. The van der Waals surface area contributed by atoms with Crippen molar-refractivity contribution in [1.82, 2.24) is 4.98 Å². The third-order valence-electron chi connectivity index (χ3n) is 3.88. The Morgan fingerprint density at radius 3 is 2.76 bits per heavy atom. The maximum Gasteiger partial charge on any atom is 0.131 e. The van der Waals surface area contributed by atoms with Crippen LogP contribution >= 0.6 is 34.2 Å². The zero-order valence-corrected chi connectivity index (χ0v) is 12.2. The first kappa shape index (κ1) is 12.0. The van der Waals surface area contributed by atoms with E-state index in [1.807, 2.05) is 6.07 Å². The SMILES string of the molecule is OC1CC2(C1)CC(Nc1cc(Cl)ncc1I)C2. The lowest BCUT2D eigenvalue weighted by molar-refractivity contribution is -0.0867. The number of nitrogens with zero attached hydrogens (tertiary/aromatic N) is 1. The molecular weight excluding hydrogens is 351 g/mol. The molecule has 0 unspecified atom stereocenters. The fourth-order valence-corrected chi connectivity index (χ4v) is 3.71. The first-order chi connectivity index (χ1) is 8.06. The predicted molar refractivity (Wildman–Crippen MR) is 76.3 cm³/mol. The van der Waals surface area contributed by atoms with Crippen LogP contribution in [-0.4, -0.2) is 22.2 Å². The van der Waals surface area contributed by atoms with Gasteiger partial charge in [0.15, 0.2) is 0 Å². The number of halogens is 2. The molecule has 0 radical (unpaired) electrons. The summed E-state index contributed by atoms with van der Waals surface area (Å²) in [5, 5.41) is 13.4. The fraction of sp³-hybridized carbons (Fsp3) is 0.583. The summed E-state index contributed by atoms with van der Waals surface area (Å²) in [5.74, 6) is 0. The van der Waals surface area contributed by atoms with Gasteiger partial charge in [0, 0.05) is 12.2 Å². The fourth-order valence-electron chi connectivity index (χ4n) is 3.10. The van der Waals surface area contributed by atoms with Crippen molar-refractivity contribution in [3.63, 3.8) is 0 Å². The Hall–Kier alpha value is -0.0700. The predicted octanol–water partition coefficient (Wildman–Crippen LogP) is 3.06. The van der Waals surface area contributed by atoms with E-state index < -0.39 is 0 Å². The number of hydrogen-bond donors (Lipinski definition) is 2. The molecule has 1 spiro atoms. The molecule has 0 aliphatic heterocycles. The molecular formula is C12H14ClIN2O. The van der Waals surface area contributed by atoms with Crippen molar-refractivity contribution < 1.29 is 5.11 Å². The molecule has 3 rings (SSSR count). The van der Waals surface area contributed by atoms with Crippen molar-refractivity contribution in [2.45, 2.75) is 37.8 Å². The van der Waals surface area contributed by atoms with Crippen LogP contribution in [0.2, 0.25) is 5.15 Å². The van der Waals surface area contributed by atoms with Gasteiger partial charge in [-0.25, -0.2) is 4.98 Å². The molecule has 3 nitrogen and oxygen atoms in total. The zero-order chi connectivity index (χ0) is 12.0. The molecule has 0 atom stereocenters. The first-order valence-electron chi connectivity index (χ1n) is 5.82. The van der Waals surface area contributed by atoms with Gasteiger partial charge < -0.3 is 10.4 Å². The van der Waals surface area contributed by atoms with E-state index in [-0.39, 0.29) is 6.10 Å². The number of aliphatic hydroxyl groups excluding tert-OH is 1. The average Bonchev–Trinajstić information content (AvgIpc) is 2.18. The molecule has 92 valence electrons. The number of aliphatic hydroxyl groups is 1. The van der Waals surface area contributed by atoms with Crippen molar-refractivity contribution in [2.75, 3.05) is 5.32 Å². The molecule has 2 aliphatic rings. The summed E-state index contributed by atoms with van der Waals surface area (Å²) in [4.78, 5) is 4.04. The Kier molecular flexibility index (Phi) is 2.99. The van der Waals surface area contributed by atoms with Gasteiger partial charge in [0.1, 0.15) is 5.15 Å². The van der Waals surface area contributed by atoms with Crippen molar-refractivity contribution in [2.24, 2.45) is 5.41 Å². The van der Waals surface area contributed by atoms with E-state index in [2.05, 4.69) is 32.9 Å². The Morgan fingerprint density at radius 1 is 1.41 bits per heavy atom. The molecule has 0 aromatic carbocycles. The molecule has 17 heavy (non-hydrogen) atoms. The molecule has 1 aromatic rings. The van der Waals surface area contributed by atoms with E-state index in [0.29, 0.717) is 16.6 Å². The summed E-state index contributed by atoms with van der Waals surface area (Å²) >= 11 is 8.15. The zero-order valence-electron chi connectivity index (χ0n) is 9.29. The Bertz CT molecular complexity index is 440. The van der Waals surface area contributed by atoms with Crippen molar-refractivity contribution >= 4 is 39.9 Å². The number of nitrogens with one attached hydrogen (secondary N) is 1. The Morgan fingerprint density at radius 2 is 2.12 bits per heavy atom. The molecule has 0 amide bonds. The molecule has 0 saturated heterocycles. The van der Waals surface area contributed by atoms with E-state index in [9.17, 15) is 5.11 Å². The number of pyridine rings is 1. The van der Waals surface area contributed by atoms with Crippen LogP contribution in [0.4, 0.5) is 5.69 Å². The summed E-state index contributed by atoms with van der Waals surface area (Å²) < 4.78 is 1.10. The highest BCUT2D eigenvalue weighted by Gasteiger charge is 2.52. The first-order valence-corrected chi connectivity index (χ1v) is 7.28. The second kappa shape index (κ2) is 4.24. The number of aromatic nitrogens is 1. The van der Waals surface area contributed by atoms with Gasteiger partial charge in [0.25, 0.3) is 0 Å². The lowest BCUT2D eigenvalue weighted by Gasteiger charge is -2.56. The van der Waals surface area contributed by atoms with E-state index in [0.717, 1.165) is 22.1 Å². The van der Waals surface area contributed by atoms with Crippen molar-refractivity contribution in [3.8, 4) is 0 Å². The van der Waals surface area contributed by atoms with Gasteiger partial charge in [-0.05, 0) is 59.8 Å². The highest BCUT2D eigenvalue weighted by molar-refractivity contribution is 14.1. The second-order valence-electron chi connectivity index (χ2n) is 5.30. The topological polar surface area (TPSA) is 45.1 Å². The minimum Gasteiger partial charge on any atom is -0.393 e. The summed E-state index contributed by atoms with van der Waals surface area (Å²) in [6.45, 7) is 0. The molecule has 2 fully saturated rings. The van der Waals surface area contributed by atoms with Gasteiger partial charge in [-0.15, -0.1) is 0 Å². The largest absolute Gasteiger partial charge is 0.393 e. The van der Waals surface area contributed by atoms with Gasteiger partial charge in [-0.2, -0.15) is 0 Å². The summed E-state index contributed by atoms with van der Waals surface area (Å²) in [6, 6.07) is 2.40. The number of hydrogen-bond acceptors (Lipinski definition) is 3. The molecule has 0 bridgehead atoms. The van der Waals surface area contributed by atoms with Crippen LogP contribution < -0.4 is 5.32 Å². The van der Waals surface area contributed by atoms with Crippen molar-refractivity contribution in [1.29, 1.82) is 0 Å². The smallest absolute Gasteiger partial charge is 0.131 e. The Labute approximate surface area is 119 Å². The Balaban J connectivity index is 1.60. The normalized spacial score (nSPS) is 35.2. The van der Waals surface area contributed by atoms with Crippen LogP contribution in [0, 0.1) is 8.99 Å². The summed E-state index contributed by atoms with van der Waals surface area (Å²) in [6.07, 6.45) is 6.04. The molecule has 1 aromatic heterocycles. The second-order valence-corrected chi connectivity index (χ2v) is 6.85. The van der Waals surface area contributed by atoms with Crippen LogP contribution in [0.5, 0.6) is 0 Å². The van der Waals surface area contributed by atoms with Gasteiger partial charge >= 0.3 is 0 Å². The molecule has 2 saturated carbocycles. The van der Waals surface area contributed by atoms with Gasteiger partial charge in [0.2, 0.25) is 0 Å². The van der Waals surface area contributed by atoms with E-state index >= 15 is 0 Å². The molecule has 5 heteroatoms. The van der Waals surface area contributed by atoms with Crippen molar-refractivity contribution in [3.05, 3.63) is 21.0 Å².